The van der Waals surface area contributed by atoms with Crippen LogP contribution in [0, 0.1) is 13.8 Å². The van der Waals surface area contributed by atoms with Gasteiger partial charge in [0, 0.05) is 31.9 Å². The number of aryl methyl sites for hydroxylation is 2. The van der Waals surface area contributed by atoms with Crippen molar-refractivity contribution >= 4 is 10.9 Å². The molecule has 0 saturated carbocycles. The maximum absolute atomic E-state index is 13.2. The quantitative estimate of drug-likeness (QED) is 0.501. The van der Waals surface area contributed by atoms with Crippen molar-refractivity contribution in [3.8, 4) is 0 Å². The molecule has 0 unspecified atom stereocenters. The van der Waals surface area contributed by atoms with Crippen LogP contribution in [0.25, 0.3) is 10.9 Å². The average Bonchev–Trinajstić information content (AvgIpc) is 3.60. The number of fused-ring (bicyclic) bond motifs is 1. The van der Waals surface area contributed by atoms with Crippen molar-refractivity contribution in [3.63, 3.8) is 0 Å². The van der Waals surface area contributed by atoms with E-state index in [0.29, 0.717) is 13.1 Å². The van der Waals surface area contributed by atoms with Gasteiger partial charge in [0.25, 0.3) is 5.56 Å². The van der Waals surface area contributed by atoms with E-state index in [1.54, 1.807) is 0 Å². The molecule has 9 heteroatoms. The number of aromatic amines is 1. The SMILES string of the molecule is CC[C@H](c1nnnn1C[C@H]1CCCO1)N(Cc1cc2cc(C)cc(C)c2[nH]c1=O)C[C@@H]1CCCO1. The largest absolute Gasteiger partial charge is 0.377 e. The van der Waals surface area contributed by atoms with Gasteiger partial charge in [0.2, 0.25) is 0 Å². The summed E-state index contributed by atoms with van der Waals surface area (Å²) in [6.07, 6.45) is 5.32. The van der Waals surface area contributed by atoms with Gasteiger partial charge in [-0.2, -0.15) is 0 Å². The lowest BCUT2D eigenvalue weighted by Gasteiger charge is -2.32. The topological polar surface area (TPSA) is 98.2 Å². The highest BCUT2D eigenvalue weighted by molar-refractivity contribution is 5.82. The highest BCUT2D eigenvalue weighted by Gasteiger charge is 2.30. The van der Waals surface area contributed by atoms with Crippen molar-refractivity contribution in [2.24, 2.45) is 0 Å². The minimum atomic E-state index is -0.0457. The van der Waals surface area contributed by atoms with Crippen LogP contribution in [0.2, 0.25) is 0 Å². The summed E-state index contributed by atoms with van der Waals surface area (Å²) in [6, 6.07) is 6.23. The van der Waals surface area contributed by atoms with Gasteiger partial charge in [-0.15, -0.1) is 5.10 Å². The van der Waals surface area contributed by atoms with Crippen molar-refractivity contribution in [2.75, 3.05) is 19.8 Å². The lowest BCUT2D eigenvalue weighted by atomic mass is 10.0. The van der Waals surface area contributed by atoms with Gasteiger partial charge in [-0.1, -0.05) is 18.6 Å². The molecule has 4 heterocycles. The molecular formula is C26H36N6O3. The number of nitrogens with zero attached hydrogens (tertiary/aromatic N) is 5. The molecule has 2 aromatic heterocycles. The maximum Gasteiger partial charge on any atom is 0.252 e. The lowest BCUT2D eigenvalue weighted by molar-refractivity contribution is 0.0470. The minimum Gasteiger partial charge on any atom is -0.377 e. The van der Waals surface area contributed by atoms with Crippen LogP contribution in [0.5, 0.6) is 0 Å². The van der Waals surface area contributed by atoms with Crippen LogP contribution >= 0.6 is 0 Å². The summed E-state index contributed by atoms with van der Waals surface area (Å²) in [6.45, 7) is 9.75. The summed E-state index contributed by atoms with van der Waals surface area (Å²) in [7, 11) is 0. The molecule has 2 saturated heterocycles. The van der Waals surface area contributed by atoms with Gasteiger partial charge >= 0.3 is 0 Å². The van der Waals surface area contributed by atoms with E-state index in [-0.39, 0.29) is 23.8 Å². The second-order valence-corrected chi connectivity index (χ2v) is 10.0. The molecule has 0 amide bonds. The normalized spacial score (nSPS) is 21.4. The van der Waals surface area contributed by atoms with Crippen LogP contribution in [0.1, 0.15) is 67.6 Å². The third-order valence-electron chi connectivity index (χ3n) is 7.29. The fraction of sp³-hybridized carbons (Fsp3) is 0.615. The van der Waals surface area contributed by atoms with Gasteiger partial charge in [-0.3, -0.25) is 9.69 Å². The molecule has 2 fully saturated rings. The standard InChI is InChI=1S/C26H36N6O3/c1-4-23(25-28-29-30-32(25)16-22-8-6-10-35-22)31(15-21-7-5-9-34-21)14-20-13-19-12-17(2)11-18(3)24(19)27-26(20)33/h11-13,21-23H,4-10,14-16H2,1-3H3,(H,27,33)/t21-,22+,23+/m0/s1. The summed E-state index contributed by atoms with van der Waals surface area (Å²) in [5.41, 5.74) is 3.87. The summed E-state index contributed by atoms with van der Waals surface area (Å²) >= 11 is 0. The molecule has 2 aliphatic heterocycles. The van der Waals surface area contributed by atoms with Crippen LogP contribution in [0.15, 0.2) is 23.0 Å². The Labute approximate surface area is 205 Å². The number of nitrogens with one attached hydrogen (secondary N) is 1. The first-order valence-electron chi connectivity index (χ1n) is 12.9. The number of benzene rings is 1. The molecule has 2 aliphatic rings. The van der Waals surface area contributed by atoms with E-state index in [1.807, 2.05) is 17.7 Å². The predicted octanol–water partition coefficient (Wildman–Crippen LogP) is 3.44. The van der Waals surface area contributed by atoms with Gasteiger partial charge in [0.15, 0.2) is 5.82 Å². The molecule has 0 radical (unpaired) electrons. The molecule has 3 atom stereocenters. The van der Waals surface area contributed by atoms with Gasteiger partial charge in [0.05, 0.1) is 30.3 Å². The fourth-order valence-electron chi connectivity index (χ4n) is 5.59. The molecule has 35 heavy (non-hydrogen) atoms. The Balaban J connectivity index is 1.47. The van der Waals surface area contributed by atoms with Gasteiger partial charge < -0.3 is 14.5 Å². The lowest BCUT2D eigenvalue weighted by Crippen LogP contribution is -2.38. The van der Waals surface area contributed by atoms with Gasteiger partial charge in [-0.25, -0.2) is 4.68 Å². The summed E-state index contributed by atoms with van der Waals surface area (Å²) in [5.74, 6) is 0.824. The molecule has 188 valence electrons. The molecule has 0 aliphatic carbocycles. The first-order valence-corrected chi connectivity index (χ1v) is 12.9. The molecule has 1 N–H and O–H groups in total. The maximum atomic E-state index is 13.2. The molecule has 0 spiro atoms. The highest BCUT2D eigenvalue weighted by Crippen LogP contribution is 2.28. The van der Waals surface area contributed by atoms with E-state index in [0.717, 1.165) is 79.7 Å². The van der Waals surface area contributed by atoms with Crippen LogP contribution in [-0.2, 0) is 22.6 Å². The van der Waals surface area contributed by atoms with Crippen LogP contribution in [0.4, 0.5) is 0 Å². The zero-order chi connectivity index (χ0) is 24.4. The Morgan fingerprint density at radius 2 is 1.91 bits per heavy atom. The Kier molecular flexibility index (Phi) is 7.27. The zero-order valence-electron chi connectivity index (χ0n) is 21.0. The molecule has 1 aromatic carbocycles. The number of tetrazole rings is 1. The van der Waals surface area contributed by atoms with Crippen molar-refractivity contribution < 1.29 is 9.47 Å². The van der Waals surface area contributed by atoms with Crippen LogP contribution < -0.4 is 5.56 Å². The molecule has 9 nitrogen and oxygen atoms in total. The summed E-state index contributed by atoms with van der Waals surface area (Å²) in [4.78, 5) is 18.6. The zero-order valence-corrected chi connectivity index (χ0v) is 21.0. The first kappa shape index (κ1) is 24.1. The van der Waals surface area contributed by atoms with Gasteiger partial charge in [-0.05, 0) is 79.5 Å². The predicted molar refractivity (Wildman–Crippen MR) is 133 cm³/mol. The van der Waals surface area contributed by atoms with Gasteiger partial charge in [0.1, 0.15) is 0 Å². The number of H-pyrrole nitrogens is 1. The molecule has 5 rings (SSSR count). The number of ether oxygens (including phenoxy) is 2. The fourth-order valence-corrected chi connectivity index (χ4v) is 5.59. The minimum absolute atomic E-state index is 0.0371. The second kappa shape index (κ2) is 10.6. The number of hydrogen-bond acceptors (Lipinski definition) is 7. The Bertz CT molecular complexity index is 1210. The van der Waals surface area contributed by atoms with E-state index in [9.17, 15) is 4.79 Å². The number of aromatic nitrogens is 5. The Morgan fingerprint density at radius 3 is 2.63 bits per heavy atom. The van der Waals surface area contributed by atoms with E-state index < -0.39 is 0 Å². The number of pyridine rings is 1. The third kappa shape index (κ3) is 5.32. The van der Waals surface area contributed by atoms with Crippen LogP contribution in [-0.4, -0.2) is 62.1 Å². The van der Waals surface area contributed by atoms with Crippen molar-refractivity contribution in [1.82, 2.24) is 30.1 Å². The molecule has 0 bridgehead atoms. The average molecular weight is 481 g/mol. The second-order valence-electron chi connectivity index (χ2n) is 10.0. The third-order valence-corrected chi connectivity index (χ3v) is 7.29. The first-order chi connectivity index (χ1) is 17.0. The smallest absolute Gasteiger partial charge is 0.252 e. The van der Waals surface area contributed by atoms with E-state index >= 15 is 0 Å². The van der Waals surface area contributed by atoms with E-state index in [4.69, 9.17) is 9.47 Å². The van der Waals surface area contributed by atoms with Crippen LogP contribution in [0.3, 0.4) is 0 Å². The van der Waals surface area contributed by atoms with Crippen molar-refractivity contribution in [1.29, 1.82) is 0 Å². The number of rotatable bonds is 9. The highest BCUT2D eigenvalue weighted by atomic mass is 16.5. The summed E-state index contributed by atoms with van der Waals surface area (Å²) in [5, 5.41) is 13.8. The van der Waals surface area contributed by atoms with Crippen molar-refractivity contribution in [2.45, 2.75) is 84.2 Å². The molecule has 3 aromatic rings. The van der Waals surface area contributed by atoms with E-state index in [2.05, 4.69) is 51.4 Å². The molecular weight excluding hydrogens is 444 g/mol. The Hall–Kier alpha value is -2.62. The Morgan fingerprint density at radius 1 is 1.14 bits per heavy atom. The monoisotopic (exact) mass is 480 g/mol. The van der Waals surface area contributed by atoms with E-state index in [1.165, 1.54) is 5.56 Å². The number of hydrogen-bond donors (Lipinski definition) is 1. The summed E-state index contributed by atoms with van der Waals surface area (Å²) < 4.78 is 13.7. The van der Waals surface area contributed by atoms with Crippen molar-refractivity contribution in [3.05, 3.63) is 51.1 Å².